The van der Waals surface area contributed by atoms with Gasteiger partial charge in [-0.2, -0.15) is 0 Å². The molecule has 3 heteroatoms. The van der Waals surface area contributed by atoms with Crippen molar-refractivity contribution in [3.05, 3.63) is 28.8 Å². The van der Waals surface area contributed by atoms with Crippen LogP contribution in [0, 0.1) is 13.8 Å². The lowest BCUT2D eigenvalue weighted by Crippen LogP contribution is -2.53. The molecule has 3 nitrogen and oxygen atoms in total. The van der Waals surface area contributed by atoms with Gasteiger partial charge in [-0.1, -0.05) is 25.3 Å². The minimum atomic E-state index is 0.0532. The molecule has 1 fully saturated rings. The van der Waals surface area contributed by atoms with Crippen molar-refractivity contribution in [2.24, 2.45) is 5.73 Å². The number of benzene rings is 1. The minimum Gasteiger partial charge on any atom is -0.496 e. The van der Waals surface area contributed by atoms with Gasteiger partial charge in [-0.3, -0.25) is 0 Å². The zero-order valence-corrected chi connectivity index (χ0v) is 14.2. The van der Waals surface area contributed by atoms with Gasteiger partial charge in [0.2, 0.25) is 0 Å². The Balaban J connectivity index is 2.41. The predicted molar refractivity (Wildman–Crippen MR) is 88.9 cm³/mol. The predicted octanol–water partition coefficient (Wildman–Crippen LogP) is 3.58. The smallest absolute Gasteiger partial charge is 0.122 e. The molecule has 1 saturated carbocycles. The molecule has 1 atom stereocenters. The van der Waals surface area contributed by atoms with E-state index in [1.807, 2.05) is 0 Å². The molecular weight excluding hydrogens is 260 g/mol. The normalized spacial score (nSPS) is 19.6. The van der Waals surface area contributed by atoms with Crippen LogP contribution in [0.4, 0.5) is 0 Å². The van der Waals surface area contributed by atoms with E-state index in [2.05, 4.69) is 45.0 Å². The number of methoxy groups -OCH3 is 1. The summed E-state index contributed by atoms with van der Waals surface area (Å²) in [6, 6.07) is 4.40. The highest BCUT2D eigenvalue weighted by molar-refractivity contribution is 5.43. The van der Waals surface area contributed by atoms with Gasteiger partial charge in [0.05, 0.1) is 7.11 Å². The Bertz CT molecular complexity index is 490. The molecule has 0 spiro atoms. The Hall–Kier alpha value is -1.06. The van der Waals surface area contributed by atoms with Gasteiger partial charge in [-0.25, -0.2) is 0 Å². The molecule has 0 saturated heterocycles. The molecule has 1 aromatic carbocycles. The number of nitrogens with zero attached hydrogens (tertiary/aromatic N) is 1. The average molecular weight is 290 g/mol. The summed E-state index contributed by atoms with van der Waals surface area (Å²) in [4.78, 5) is 2.36. The van der Waals surface area contributed by atoms with Crippen LogP contribution in [0.2, 0.25) is 0 Å². The van der Waals surface area contributed by atoms with E-state index >= 15 is 0 Å². The molecule has 0 radical (unpaired) electrons. The van der Waals surface area contributed by atoms with Crippen molar-refractivity contribution in [3.63, 3.8) is 0 Å². The fourth-order valence-corrected chi connectivity index (χ4v) is 3.86. The maximum atomic E-state index is 6.78. The second kappa shape index (κ2) is 6.37. The molecule has 1 aliphatic rings. The quantitative estimate of drug-likeness (QED) is 0.921. The third-order valence-corrected chi connectivity index (χ3v) is 5.31. The van der Waals surface area contributed by atoms with Gasteiger partial charge >= 0.3 is 0 Å². The van der Waals surface area contributed by atoms with Crippen LogP contribution in [0.15, 0.2) is 12.1 Å². The number of rotatable bonds is 4. The van der Waals surface area contributed by atoms with E-state index in [4.69, 9.17) is 10.5 Å². The lowest BCUT2D eigenvalue weighted by Gasteiger charge is -2.47. The van der Waals surface area contributed by atoms with E-state index in [1.165, 1.54) is 48.8 Å². The Morgan fingerprint density at radius 1 is 1.10 bits per heavy atom. The number of likely N-dealkylation sites (N-methyl/N-ethyl adjacent to an activating group) is 1. The number of aryl methyl sites for hydroxylation is 2. The Kier molecular flexibility index (Phi) is 4.95. The lowest BCUT2D eigenvalue weighted by molar-refractivity contribution is 0.0711. The van der Waals surface area contributed by atoms with Crippen molar-refractivity contribution in [1.29, 1.82) is 0 Å². The second-order valence-electron chi connectivity index (χ2n) is 6.71. The van der Waals surface area contributed by atoms with Crippen molar-refractivity contribution in [1.82, 2.24) is 4.90 Å². The van der Waals surface area contributed by atoms with E-state index < -0.39 is 0 Å². The summed E-state index contributed by atoms with van der Waals surface area (Å²) in [6.45, 7) is 4.24. The van der Waals surface area contributed by atoms with Gasteiger partial charge in [0.15, 0.2) is 0 Å². The first-order valence-corrected chi connectivity index (χ1v) is 8.00. The fraction of sp³-hybridized carbons (Fsp3) is 0.667. The summed E-state index contributed by atoms with van der Waals surface area (Å²) in [7, 11) is 6.08. The first kappa shape index (κ1) is 16.3. The summed E-state index contributed by atoms with van der Waals surface area (Å²) < 4.78 is 5.43. The van der Waals surface area contributed by atoms with Gasteiger partial charge in [-0.15, -0.1) is 0 Å². The van der Waals surface area contributed by atoms with Crippen molar-refractivity contribution < 1.29 is 4.74 Å². The van der Waals surface area contributed by atoms with Crippen LogP contribution in [-0.4, -0.2) is 31.6 Å². The highest BCUT2D eigenvalue weighted by Gasteiger charge is 2.41. The van der Waals surface area contributed by atoms with Crippen LogP contribution in [0.1, 0.15) is 54.8 Å². The molecule has 21 heavy (non-hydrogen) atoms. The fourth-order valence-electron chi connectivity index (χ4n) is 3.86. The molecule has 1 unspecified atom stereocenters. The first-order valence-electron chi connectivity index (χ1n) is 8.00. The van der Waals surface area contributed by atoms with E-state index in [0.717, 1.165) is 5.75 Å². The summed E-state index contributed by atoms with van der Waals surface area (Å²) >= 11 is 0. The minimum absolute atomic E-state index is 0.0532. The second-order valence-corrected chi connectivity index (χ2v) is 6.71. The van der Waals surface area contributed by atoms with Crippen molar-refractivity contribution >= 4 is 0 Å². The summed E-state index contributed by atoms with van der Waals surface area (Å²) in [5, 5.41) is 0. The topological polar surface area (TPSA) is 38.5 Å². The van der Waals surface area contributed by atoms with Gasteiger partial charge in [-0.05, 0) is 63.5 Å². The third kappa shape index (κ3) is 2.95. The van der Waals surface area contributed by atoms with Gasteiger partial charge in [0.1, 0.15) is 5.75 Å². The molecule has 1 aromatic rings. The Labute approximate surface area is 129 Å². The highest BCUT2D eigenvalue weighted by atomic mass is 16.5. The molecule has 0 amide bonds. The van der Waals surface area contributed by atoms with Gasteiger partial charge in [0.25, 0.3) is 0 Å². The van der Waals surface area contributed by atoms with E-state index in [-0.39, 0.29) is 11.6 Å². The van der Waals surface area contributed by atoms with E-state index in [1.54, 1.807) is 7.11 Å². The molecule has 2 N–H and O–H groups in total. The SMILES string of the molecule is COc1cc(C)c(C(N)C2(N(C)C)CCCCC2)cc1C. The van der Waals surface area contributed by atoms with Crippen LogP contribution >= 0.6 is 0 Å². The standard InChI is InChI=1S/C18H30N2O/c1-13-12-16(21-5)14(2)11-15(13)17(19)18(20(3)4)9-7-6-8-10-18/h11-12,17H,6-10,19H2,1-5H3. The van der Waals surface area contributed by atoms with Crippen molar-refractivity contribution in [2.75, 3.05) is 21.2 Å². The number of hydrogen-bond acceptors (Lipinski definition) is 3. The summed E-state index contributed by atoms with van der Waals surface area (Å²) in [5.41, 5.74) is 10.5. The molecule has 0 aliphatic heterocycles. The zero-order chi connectivity index (χ0) is 15.6. The lowest BCUT2D eigenvalue weighted by atomic mass is 9.72. The molecule has 0 heterocycles. The number of hydrogen-bond donors (Lipinski definition) is 1. The number of nitrogens with two attached hydrogens (primary N) is 1. The highest BCUT2D eigenvalue weighted by Crippen LogP contribution is 2.42. The molecular formula is C18H30N2O. The van der Waals surface area contributed by atoms with Crippen LogP contribution in [0.25, 0.3) is 0 Å². The molecule has 2 rings (SSSR count). The maximum absolute atomic E-state index is 6.78. The zero-order valence-electron chi connectivity index (χ0n) is 14.2. The largest absolute Gasteiger partial charge is 0.496 e. The van der Waals surface area contributed by atoms with Crippen LogP contribution in [0.3, 0.4) is 0 Å². The van der Waals surface area contributed by atoms with Crippen LogP contribution in [-0.2, 0) is 0 Å². The summed E-state index contributed by atoms with van der Waals surface area (Å²) in [6.07, 6.45) is 6.26. The third-order valence-electron chi connectivity index (χ3n) is 5.31. The molecule has 1 aliphatic carbocycles. The van der Waals surface area contributed by atoms with Crippen LogP contribution < -0.4 is 10.5 Å². The Morgan fingerprint density at radius 3 is 2.24 bits per heavy atom. The molecule has 118 valence electrons. The Morgan fingerprint density at radius 2 is 1.71 bits per heavy atom. The van der Waals surface area contributed by atoms with Crippen LogP contribution in [0.5, 0.6) is 5.75 Å². The summed E-state index contributed by atoms with van der Waals surface area (Å²) in [5.74, 6) is 0.950. The molecule has 0 bridgehead atoms. The maximum Gasteiger partial charge on any atom is 0.122 e. The average Bonchev–Trinajstić information content (AvgIpc) is 2.49. The van der Waals surface area contributed by atoms with Gasteiger partial charge in [0, 0.05) is 11.6 Å². The van der Waals surface area contributed by atoms with Gasteiger partial charge < -0.3 is 15.4 Å². The number of ether oxygens (including phenoxy) is 1. The monoisotopic (exact) mass is 290 g/mol. The first-order chi connectivity index (χ1) is 9.92. The van der Waals surface area contributed by atoms with E-state index in [9.17, 15) is 0 Å². The van der Waals surface area contributed by atoms with Crippen molar-refractivity contribution in [2.45, 2.75) is 57.5 Å². The molecule has 0 aromatic heterocycles. The van der Waals surface area contributed by atoms with Crippen molar-refractivity contribution in [3.8, 4) is 5.75 Å². The van der Waals surface area contributed by atoms with E-state index in [0.29, 0.717) is 0 Å².